The standard InChI is InChI=1S/C17H26N2O/c1-4-14(3)18-11-17(20)19(16-8-9-16)12-15-7-5-6-13(2)10-15/h5-7,10,14,16,18H,4,8-9,11-12H2,1-3H3. The number of benzene rings is 1. The van der Waals surface area contributed by atoms with Gasteiger partial charge in [0.2, 0.25) is 5.91 Å². The Balaban J connectivity index is 1.95. The van der Waals surface area contributed by atoms with Crippen LogP contribution in [0.5, 0.6) is 0 Å². The molecule has 3 nitrogen and oxygen atoms in total. The van der Waals surface area contributed by atoms with Crippen LogP contribution in [0.1, 0.15) is 44.2 Å². The zero-order valence-electron chi connectivity index (χ0n) is 12.9. The second kappa shape index (κ2) is 6.89. The summed E-state index contributed by atoms with van der Waals surface area (Å²) < 4.78 is 0. The minimum absolute atomic E-state index is 0.231. The van der Waals surface area contributed by atoms with Gasteiger partial charge in [0.05, 0.1) is 6.54 Å². The molecule has 110 valence electrons. The fraction of sp³-hybridized carbons (Fsp3) is 0.588. The van der Waals surface area contributed by atoms with Crippen molar-refractivity contribution in [3.63, 3.8) is 0 Å². The molecule has 1 N–H and O–H groups in total. The van der Waals surface area contributed by atoms with E-state index in [1.54, 1.807) is 0 Å². The number of nitrogens with zero attached hydrogens (tertiary/aromatic N) is 1. The van der Waals surface area contributed by atoms with Crippen LogP contribution in [0.2, 0.25) is 0 Å². The molecule has 1 amide bonds. The van der Waals surface area contributed by atoms with Gasteiger partial charge in [0.25, 0.3) is 0 Å². The highest BCUT2D eigenvalue weighted by atomic mass is 16.2. The van der Waals surface area contributed by atoms with E-state index in [2.05, 4.69) is 50.4 Å². The Morgan fingerprint density at radius 1 is 1.45 bits per heavy atom. The molecule has 1 aromatic carbocycles. The van der Waals surface area contributed by atoms with Crippen molar-refractivity contribution in [3.05, 3.63) is 35.4 Å². The van der Waals surface area contributed by atoms with Crippen molar-refractivity contribution < 1.29 is 4.79 Å². The molecule has 0 heterocycles. The molecule has 2 rings (SSSR count). The van der Waals surface area contributed by atoms with Gasteiger partial charge in [-0.3, -0.25) is 4.79 Å². The highest BCUT2D eigenvalue weighted by molar-refractivity contribution is 5.79. The van der Waals surface area contributed by atoms with E-state index in [0.29, 0.717) is 18.6 Å². The summed E-state index contributed by atoms with van der Waals surface area (Å²) in [6.07, 6.45) is 3.36. The molecule has 1 atom stereocenters. The number of rotatable bonds is 7. The van der Waals surface area contributed by atoms with Gasteiger partial charge in [-0.2, -0.15) is 0 Å². The minimum atomic E-state index is 0.231. The van der Waals surface area contributed by atoms with Crippen molar-refractivity contribution >= 4 is 5.91 Å². The van der Waals surface area contributed by atoms with Crippen LogP contribution < -0.4 is 5.32 Å². The molecule has 1 unspecified atom stereocenters. The Morgan fingerprint density at radius 2 is 2.20 bits per heavy atom. The molecule has 0 saturated heterocycles. The van der Waals surface area contributed by atoms with E-state index in [-0.39, 0.29) is 5.91 Å². The van der Waals surface area contributed by atoms with Gasteiger partial charge in [-0.05, 0) is 38.7 Å². The maximum atomic E-state index is 12.4. The fourth-order valence-electron chi connectivity index (χ4n) is 2.32. The molecule has 0 radical (unpaired) electrons. The summed E-state index contributed by atoms with van der Waals surface area (Å²) in [5, 5.41) is 3.30. The summed E-state index contributed by atoms with van der Waals surface area (Å²) in [7, 11) is 0. The molecular formula is C17H26N2O. The molecule has 0 aromatic heterocycles. The van der Waals surface area contributed by atoms with E-state index >= 15 is 0 Å². The van der Waals surface area contributed by atoms with E-state index in [9.17, 15) is 4.79 Å². The zero-order valence-corrected chi connectivity index (χ0v) is 12.9. The third-order valence-corrected chi connectivity index (χ3v) is 3.96. The molecule has 1 aromatic rings. The first-order valence-corrected chi connectivity index (χ1v) is 7.68. The second-order valence-corrected chi connectivity index (χ2v) is 5.93. The predicted molar refractivity (Wildman–Crippen MR) is 82.5 cm³/mol. The van der Waals surface area contributed by atoms with Crippen molar-refractivity contribution in [2.75, 3.05) is 6.54 Å². The lowest BCUT2D eigenvalue weighted by molar-refractivity contribution is -0.131. The van der Waals surface area contributed by atoms with Gasteiger partial charge in [0.15, 0.2) is 0 Å². The van der Waals surface area contributed by atoms with Gasteiger partial charge in [-0.25, -0.2) is 0 Å². The summed E-state index contributed by atoms with van der Waals surface area (Å²) in [5.41, 5.74) is 2.48. The topological polar surface area (TPSA) is 32.3 Å². The Hall–Kier alpha value is -1.35. The highest BCUT2D eigenvalue weighted by Gasteiger charge is 2.32. The Labute approximate surface area is 122 Å². The zero-order chi connectivity index (χ0) is 14.5. The summed E-state index contributed by atoms with van der Waals surface area (Å²) in [4.78, 5) is 14.4. The molecule has 0 bridgehead atoms. The average Bonchev–Trinajstić information content (AvgIpc) is 3.26. The van der Waals surface area contributed by atoms with Gasteiger partial charge in [0.1, 0.15) is 0 Å². The summed E-state index contributed by atoms with van der Waals surface area (Å²) in [6, 6.07) is 9.30. The van der Waals surface area contributed by atoms with Crippen LogP contribution >= 0.6 is 0 Å². The fourth-order valence-corrected chi connectivity index (χ4v) is 2.32. The van der Waals surface area contributed by atoms with Crippen LogP contribution in [-0.2, 0) is 11.3 Å². The largest absolute Gasteiger partial charge is 0.334 e. The van der Waals surface area contributed by atoms with Crippen LogP contribution in [0.15, 0.2) is 24.3 Å². The van der Waals surface area contributed by atoms with E-state index < -0.39 is 0 Å². The minimum Gasteiger partial charge on any atom is -0.334 e. The average molecular weight is 274 g/mol. The second-order valence-electron chi connectivity index (χ2n) is 5.93. The Kier molecular flexibility index (Phi) is 5.18. The van der Waals surface area contributed by atoms with E-state index in [4.69, 9.17) is 0 Å². The van der Waals surface area contributed by atoms with Crippen molar-refractivity contribution in [3.8, 4) is 0 Å². The third-order valence-electron chi connectivity index (χ3n) is 3.96. The highest BCUT2D eigenvalue weighted by Crippen LogP contribution is 2.28. The van der Waals surface area contributed by atoms with Crippen molar-refractivity contribution in [1.82, 2.24) is 10.2 Å². The quantitative estimate of drug-likeness (QED) is 0.829. The van der Waals surface area contributed by atoms with E-state index in [1.807, 2.05) is 4.90 Å². The van der Waals surface area contributed by atoms with Gasteiger partial charge in [-0.1, -0.05) is 36.8 Å². The molecular weight excluding hydrogens is 248 g/mol. The number of carbonyl (C=O) groups is 1. The maximum Gasteiger partial charge on any atom is 0.237 e. The Bertz CT molecular complexity index is 454. The number of carbonyl (C=O) groups excluding carboxylic acids is 1. The molecule has 0 aliphatic heterocycles. The number of amides is 1. The Morgan fingerprint density at radius 3 is 2.80 bits per heavy atom. The van der Waals surface area contributed by atoms with E-state index in [1.165, 1.54) is 11.1 Å². The van der Waals surface area contributed by atoms with Gasteiger partial charge in [0, 0.05) is 18.6 Å². The van der Waals surface area contributed by atoms with Crippen LogP contribution in [0.4, 0.5) is 0 Å². The van der Waals surface area contributed by atoms with Gasteiger partial charge >= 0.3 is 0 Å². The molecule has 0 spiro atoms. The van der Waals surface area contributed by atoms with Crippen LogP contribution in [-0.4, -0.2) is 29.4 Å². The van der Waals surface area contributed by atoms with Crippen molar-refractivity contribution in [1.29, 1.82) is 0 Å². The number of hydrogen-bond donors (Lipinski definition) is 1. The van der Waals surface area contributed by atoms with Crippen molar-refractivity contribution in [2.45, 2.75) is 58.7 Å². The van der Waals surface area contributed by atoms with E-state index in [0.717, 1.165) is 25.8 Å². The van der Waals surface area contributed by atoms with Gasteiger partial charge in [-0.15, -0.1) is 0 Å². The summed E-state index contributed by atoms with van der Waals surface area (Å²) >= 11 is 0. The normalized spacial score (nSPS) is 15.9. The lowest BCUT2D eigenvalue weighted by atomic mass is 10.1. The summed E-state index contributed by atoms with van der Waals surface area (Å²) in [5.74, 6) is 0.231. The number of nitrogens with one attached hydrogen (secondary N) is 1. The molecule has 3 heteroatoms. The first-order valence-electron chi connectivity index (χ1n) is 7.68. The first kappa shape index (κ1) is 15.0. The molecule has 1 aliphatic carbocycles. The van der Waals surface area contributed by atoms with Crippen molar-refractivity contribution in [2.24, 2.45) is 0 Å². The number of hydrogen-bond acceptors (Lipinski definition) is 2. The SMILES string of the molecule is CCC(C)NCC(=O)N(Cc1cccc(C)c1)C1CC1. The van der Waals surface area contributed by atoms with Crippen LogP contribution in [0.3, 0.4) is 0 Å². The number of aryl methyl sites for hydroxylation is 1. The molecule has 1 fully saturated rings. The molecule has 1 saturated carbocycles. The predicted octanol–water partition coefficient (Wildman–Crippen LogP) is 2.87. The molecule has 1 aliphatic rings. The lowest BCUT2D eigenvalue weighted by Gasteiger charge is -2.24. The maximum absolute atomic E-state index is 12.4. The first-order chi connectivity index (χ1) is 9.60. The summed E-state index contributed by atoms with van der Waals surface area (Å²) in [6.45, 7) is 7.55. The third kappa shape index (κ3) is 4.34. The lowest BCUT2D eigenvalue weighted by Crippen LogP contribution is -2.41. The van der Waals surface area contributed by atoms with Crippen LogP contribution in [0, 0.1) is 6.92 Å². The molecule has 20 heavy (non-hydrogen) atoms. The van der Waals surface area contributed by atoms with Crippen LogP contribution in [0.25, 0.3) is 0 Å². The monoisotopic (exact) mass is 274 g/mol. The smallest absolute Gasteiger partial charge is 0.237 e. The van der Waals surface area contributed by atoms with Gasteiger partial charge < -0.3 is 10.2 Å².